The molecule has 8 nitrogen and oxygen atoms in total. The molecule has 3 aromatic carbocycles. The fraction of sp³-hybridized carbons (Fsp3) is 0.407. The summed E-state index contributed by atoms with van der Waals surface area (Å²) in [6.07, 6.45) is 20.9. The Kier molecular flexibility index (Phi) is 13.2. The van der Waals surface area contributed by atoms with Gasteiger partial charge >= 0.3 is 17.9 Å². The van der Waals surface area contributed by atoms with E-state index in [1.54, 1.807) is 36.4 Å². The predicted molar refractivity (Wildman–Crippen MR) is 239 cm³/mol. The number of allylic oxidation sites excluding steroid dienone is 4. The Hall–Kier alpha value is -5.76. The molecule has 4 fully saturated rings. The average molecular weight is 834 g/mol. The molecule has 6 atom stereocenters. The van der Waals surface area contributed by atoms with Crippen LogP contribution in [-0.4, -0.2) is 41.2 Å². The standard InChI is InChI=1S/C54H59NO7/c1-4-5-25-44-36-55-52(60-44)54(32-33-54)48(62-51(58)41-21-13-8-14-22-41)26-15-24-43-29-30-46-38(23-16-31-53(43,46)3)27-28-42-34-45(59-49(56)39-17-9-6-10-18-39)35-47(37(42)2)61-50(57)40-19-11-7-12-20-40/h6-15,17-22,26-28,36,43,45-48H,2,4-5,16,23-25,29-35H2,1,3H3/b26-15+,38-27+,42-28-. The van der Waals surface area contributed by atoms with Crippen LogP contribution < -0.4 is 0 Å². The second kappa shape index (κ2) is 19.1. The number of aromatic nitrogens is 1. The average Bonchev–Trinajstić information content (AvgIpc) is 3.84. The highest BCUT2D eigenvalue weighted by molar-refractivity contribution is 5.90. The number of carbonyl (C=O) groups excluding carboxylic acids is 3. The van der Waals surface area contributed by atoms with Gasteiger partial charge in [0.2, 0.25) is 5.89 Å². The Labute approximate surface area is 366 Å². The van der Waals surface area contributed by atoms with Gasteiger partial charge in [0.05, 0.1) is 28.3 Å². The summed E-state index contributed by atoms with van der Waals surface area (Å²) in [5.74, 6) is 1.29. The summed E-state index contributed by atoms with van der Waals surface area (Å²) >= 11 is 0. The molecule has 62 heavy (non-hydrogen) atoms. The molecular weight excluding hydrogens is 775 g/mol. The molecule has 0 spiro atoms. The lowest BCUT2D eigenvalue weighted by atomic mass is 9.63. The number of nitrogens with zero attached hydrogens (tertiary/aromatic N) is 1. The van der Waals surface area contributed by atoms with Crippen LogP contribution in [0.4, 0.5) is 0 Å². The van der Waals surface area contributed by atoms with Crippen LogP contribution >= 0.6 is 0 Å². The molecule has 0 N–H and O–H groups in total. The Morgan fingerprint density at radius 2 is 1.50 bits per heavy atom. The first-order valence-electron chi connectivity index (χ1n) is 22.7. The highest BCUT2D eigenvalue weighted by atomic mass is 16.6. The van der Waals surface area contributed by atoms with E-state index in [0.29, 0.717) is 47.3 Å². The van der Waals surface area contributed by atoms with Gasteiger partial charge in [-0.3, -0.25) is 0 Å². The molecule has 6 unspecified atom stereocenters. The molecule has 4 aliphatic carbocycles. The minimum atomic E-state index is -0.633. The number of rotatable bonds is 15. The molecule has 8 heteroatoms. The Balaban J connectivity index is 0.989. The third-order valence-corrected chi connectivity index (χ3v) is 14.0. The largest absolute Gasteiger partial charge is 0.458 e. The lowest BCUT2D eigenvalue weighted by molar-refractivity contribution is 0.00211. The summed E-state index contributed by atoms with van der Waals surface area (Å²) in [5.41, 5.74) is 4.24. The smallest absolute Gasteiger partial charge is 0.338 e. The van der Waals surface area contributed by atoms with Crippen LogP contribution in [-0.2, 0) is 26.0 Å². The minimum Gasteiger partial charge on any atom is -0.458 e. The van der Waals surface area contributed by atoms with E-state index in [1.807, 2.05) is 60.8 Å². The van der Waals surface area contributed by atoms with Crippen molar-refractivity contribution in [2.45, 2.75) is 121 Å². The molecule has 4 aromatic rings. The van der Waals surface area contributed by atoms with Crippen LogP contribution in [0.2, 0.25) is 0 Å². The quantitative estimate of drug-likeness (QED) is 0.0662. The van der Waals surface area contributed by atoms with Crippen molar-refractivity contribution in [1.82, 2.24) is 4.98 Å². The van der Waals surface area contributed by atoms with Crippen LogP contribution in [0.3, 0.4) is 0 Å². The zero-order valence-corrected chi connectivity index (χ0v) is 36.1. The first-order chi connectivity index (χ1) is 30.2. The number of hydrogen-bond acceptors (Lipinski definition) is 8. The van der Waals surface area contributed by atoms with E-state index in [-0.39, 0.29) is 11.4 Å². The van der Waals surface area contributed by atoms with Gasteiger partial charge in [-0.15, -0.1) is 0 Å². The van der Waals surface area contributed by atoms with Gasteiger partial charge in [0.25, 0.3) is 0 Å². The van der Waals surface area contributed by atoms with Crippen LogP contribution in [0, 0.1) is 17.3 Å². The minimum absolute atomic E-state index is 0.113. The number of benzene rings is 3. The van der Waals surface area contributed by atoms with E-state index in [2.05, 4.69) is 44.7 Å². The molecule has 1 aromatic heterocycles. The zero-order chi connectivity index (χ0) is 43.1. The first kappa shape index (κ1) is 42.9. The first-order valence-corrected chi connectivity index (χ1v) is 22.7. The van der Waals surface area contributed by atoms with Crippen LogP contribution in [0.25, 0.3) is 0 Å². The molecule has 322 valence electrons. The molecule has 0 bridgehead atoms. The predicted octanol–water partition coefficient (Wildman–Crippen LogP) is 12.1. The second-order valence-electron chi connectivity index (χ2n) is 18.0. The van der Waals surface area contributed by atoms with Gasteiger partial charge in [0, 0.05) is 19.3 Å². The number of unbranched alkanes of at least 4 members (excludes halogenated alkanes) is 1. The lowest BCUT2D eigenvalue weighted by Gasteiger charge is -2.42. The Morgan fingerprint density at radius 1 is 0.855 bits per heavy atom. The summed E-state index contributed by atoms with van der Waals surface area (Å²) in [5, 5.41) is 0. The SMILES string of the molecule is C=C1/C(=C\C=C2/CCCC3(C)C(C/C=C/C(OC(=O)c4ccccc4)C4(c5ncc(CCCC)o5)CC4)CCC23)CC(OC(=O)c2ccccc2)CC1OC(=O)c1ccccc1. The third-order valence-electron chi connectivity index (χ3n) is 14.0. The molecule has 0 radical (unpaired) electrons. The van der Waals surface area contributed by atoms with Crippen molar-refractivity contribution >= 4 is 17.9 Å². The fourth-order valence-corrected chi connectivity index (χ4v) is 10.2. The Morgan fingerprint density at radius 3 is 2.15 bits per heavy atom. The number of oxazole rings is 1. The third kappa shape index (κ3) is 9.50. The molecule has 4 aliphatic rings. The van der Waals surface area contributed by atoms with E-state index in [9.17, 15) is 14.4 Å². The van der Waals surface area contributed by atoms with Gasteiger partial charge in [0.15, 0.2) is 0 Å². The summed E-state index contributed by atoms with van der Waals surface area (Å²) in [6.45, 7) is 9.05. The summed E-state index contributed by atoms with van der Waals surface area (Å²) in [7, 11) is 0. The van der Waals surface area contributed by atoms with Crippen LogP contribution in [0.5, 0.6) is 0 Å². The summed E-state index contributed by atoms with van der Waals surface area (Å²) in [6, 6.07) is 27.1. The van der Waals surface area contributed by atoms with E-state index >= 15 is 0 Å². The number of fused-ring (bicyclic) bond motifs is 1. The number of esters is 3. The fourth-order valence-electron chi connectivity index (χ4n) is 10.2. The molecule has 4 saturated carbocycles. The number of ether oxygens (including phenoxy) is 3. The van der Waals surface area contributed by atoms with Gasteiger partial charge in [-0.05, 0) is 129 Å². The highest BCUT2D eigenvalue weighted by Crippen LogP contribution is 2.59. The molecule has 0 aliphatic heterocycles. The maximum absolute atomic E-state index is 13.5. The maximum Gasteiger partial charge on any atom is 0.338 e. The number of carbonyl (C=O) groups is 3. The normalized spacial score (nSPS) is 25.9. The molecule has 0 amide bonds. The van der Waals surface area contributed by atoms with Crippen LogP contribution in [0.1, 0.15) is 134 Å². The zero-order valence-electron chi connectivity index (χ0n) is 36.1. The topological polar surface area (TPSA) is 105 Å². The van der Waals surface area contributed by atoms with E-state index in [4.69, 9.17) is 23.6 Å². The molecule has 8 rings (SSSR count). The number of aryl methyl sites for hydroxylation is 1. The van der Waals surface area contributed by atoms with Crippen molar-refractivity contribution in [2.24, 2.45) is 17.3 Å². The molecule has 1 heterocycles. The van der Waals surface area contributed by atoms with Crippen molar-refractivity contribution in [1.29, 1.82) is 0 Å². The highest BCUT2D eigenvalue weighted by Gasteiger charge is 2.56. The number of hydrogen-bond donors (Lipinski definition) is 0. The lowest BCUT2D eigenvalue weighted by Crippen LogP contribution is -2.34. The van der Waals surface area contributed by atoms with E-state index < -0.39 is 35.7 Å². The molecular formula is C54H59NO7. The van der Waals surface area contributed by atoms with Gasteiger partial charge in [-0.25, -0.2) is 19.4 Å². The maximum atomic E-state index is 13.5. The summed E-state index contributed by atoms with van der Waals surface area (Å²) < 4.78 is 24.7. The summed E-state index contributed by atoms with van der Waals surface area (Å²) in [4.78, 5) is 44.6. The van der Waals surface area contributed by atoms with Crippen molar-refractivity contribution in [3.8, 4) is 0 Å². The van der Waals surface area contributed by atoms with Gasteiger partial charge in [-0.1, -0.05) is 105 Å². The van der Waals surface area contributed by atoms with Crippen molar-refractivity contribution in [3.63, 3.8) is 0 Å². The second-order valence-corrected chi connectivity index (χ2v) is 18.0. The van der Waals surface area contributed by atoms with Gasteiger partial charge in [0.1, 0.15) is 24.1 Å². The monoisotopic (exact) mass is 833 g/mol. The van der Waals surface area contributed by atoms with Crippen molar-refractivity contribution < 1.29 is 33.0 Å². The molecule has 0 saturated heterocycles. The van der Waals surface area contributed by atoms with E-state index in [1.165, 1.54) is 5.57 Å². The van der Waals surface area contributed by atoms with E-state index in [0.717, 1.165) is 87.5 Å². The Bertz CT molecular complexity index is 2300. The van der Waals surface area contributed by atoms with Crippen molar-refractivity contribution in [3.05, 3.63) is 173 Å². The van der Waals surface area contributed by atoms with Gasteiger partial charge in [-0.2, -0.15) is 0 Å². The van der Waals surface area contributed by atoms with Gasteiger partial charge < -0.3 is 18.6 Å². The van der Waals surface area contributed by atoms with Crippen LogP contribution in [0.15, 0.2) is 149 Å². The van der Waals surface area contributed by atoms with Crippen molar-refractivity contribution in [2.75, 3.05) is 0 Å².